The summed E-state index contributed by atoms with van der Waals surface area (Å²) in [6, 6.07) is 5.99. The van der Waals surface area contributed by atoms with Gasteiger partial charge in [-0.15, -0.1) is 12.4 Å². The van der Waals surface area contributed by atoms with Crippen LogP contribution in [0.2, 0.25) is 0 Å². The van der Waals surface area contributed by atoms with Gasteiger partial charge in [0.25, 0.3) is 0 Å². The third kappa shape index (κ3) is 7.83. The molecule has 5 nitrogen and oxygen atoms in total. The summed E-state index contributed by atoms with van der Waals surface area (Å²) in [5, 5.41) is 6.40. The van der Waals surface area contributed by atoms with Gasteiger partial charge in [0.05, 0.1) is 13.2 Å². The van der Waals surface area contributed by atoms with Crippen molar-refractivity contribution in [1.82, 2.24) is 10.6 Å². The van der Waals surface area contributed by atoms with Crippen LogP contribution in [-0.4, -0.2) is 38.8 Å². The van der Waals surface area contributed by atoms with E-state index in [2.05, 4.69) is 10.6 Å². The van der Waals surface area contributed by atoms with E-state index in [1.807, 2.05) is 32.0 Å². The van der Waals surface area contributed by atoms with Crippen LogP contribution in [0.4, 0.5) is 0 Å². The average molecular weight is 385 g/mol. The van der Waals surface area contributed by atoms with Gasteiger partial charge in [0.15, 0.2) is 11.5 Å². The molecule has 0 aliphatic carbocycles. The molecule has 1 aliphatic heterocycles. The molecule has 6 heteroatoms. The molecule has 0 spiro atoms. The van der Waals surface area contributed by atoms with Crippen molar-refractivity contribution in [1.29, 1.82) is 0 Å². The number of halogens is 1. The zero-order valence-electron chi connectivity index (χ0n) is 16.0. The molecule has 148 valence electrons. The molecule has 1 fully saturated rings. The lowest BCUT2D eigenvalue weighted by Gasteiger charge is -2.22. The van der Waals surface area contributed by atoms with E-state index in [-0.39, 0.29) is 18.3 Å². The van der Waals surface area contributed by atoms with Gasteiger partial charge < -0.3 is 20.1 Å². The number of benzene rings is 1. The van der Waals surface area contributed by atoms with E-state index in [4.69, 9.17) is 9.47 Å². The Balaban J connectivity index is 0.00000338. The second kappa shape index (κ2) is 12.8. The van der Waals surface area contributed by atoms with Crippen LogP contribution >= 0.6 is 12.4 Å². The Labute approximate surface area is 163 Å². The molecule has 1 amide bonds. The predicted molar refractivity (Wildman–Crippen MR) is 108 cm³/mol. The molecule has 2 rings (SSSR count). The smallest absolute Gasteiger partial charge is 0.220 e. The maximum Gasteiger partial charge on any atom is 0.220 e. The van der Waals surface area contributed by atoms with Gasteiger partial charge in [-0.05, 0) is 76.2 Å². The molecule has 26 heavy (non-hydrogen) atoms. The molecule has 0 aromatic heterocycles. The number of nitrogens with one attached hydrogen (secondary N) is 2. The highest BCUT2D eigenvalue weighted by atomic mass is 35.5. The fraction of sp³-hybridized carbons (Fsp3) is 0.650. The molecule has 1 aromatic carbocycles. The largest absolute Gasteiger partial charge is 0.490 e. The molecule has 1 saturated heterocycles. The highest BCUT2D eigenvalue weighted by Gasteiger charge is 2.14. The van der Waals surface area contributed by atoms with Crippen LogP contribution in [0.5, 0.6) is 11.5 Å². The number of carbonyl (C=O) groups is 1. The number of hydrogen-bond acceptors (Lipinski definition) is 4. The van der Waals surface area contributed by atoms with Gasteiger partial charge in [0, 0.05) is 13.0 Å². The van der Waals surface area contributed by atoms with Crippen molar-refractivity contribution >= 4 is 18.3 Å². The third-order valence-corrected chi connectivity index (χ3v) is 4.58. The molecular weight excluding hydrogens is 352 g/mol. The van der Waals surface area contributed by atoms with E-state index in [0.717, 1.165) is 43.0 Å². The lowest BCUT2D eigenvalue weighted by molar-refractivity contribution is -0.121. The molecule has 1 heterocycles. The Kier molecular flexibility index (Phi) is 11.1. The Bertz CT molecular complexity index is 534. The van der Waals surface area contributed by atoms with Crippen molar-refractivity contribution in [3.05, 3.63) is 23.8 Å². The first-order chi connectivity index (χ1) is 12.2. The summed E-state index contributed by atoms with van der Waals surface area (Å²) in [4.78, 5) is 12.0. The zero-order chi connectivity index (χ0) is 17.9. The number of piperidine rings is 1. The van der Waals surface area contributed by atoms with Gasteiger partial charge in [0.2, 0.25) is 5.91 Å². The van der Waals surface area contributed by atoms with Crippen LogP contribution in [-0.2, 0) is 11.2 Å². The van der Waals surface area contributed by atoms with E-state index in [1.54, 1.807) is 0 Å². The van der Waals surface area contributed by atoms with Crippen LogP contribution in [0.15, 0.2) is 18.2 Å². The molecule has 1 aromatic rings. The Morgan fingerprint density at radius 2 is 1.85 bits per heavy atom. The Morgan fingerprint density at radius 1 is 1.15 bits per heavy atom. The predicted octanol–water partition coefficient (Wildman–Crippen LogP) is 3.34. The zero-order valence-corrected chi connectivity index (χ0v) is 16.8. The van der Waals surface area contributed by atoms with Crippen LogP contribution < -0.4 is 20.1 Å². The standard InChI is InChI=1S/C20H32N2O3.ClH/c1-3-24-18-7-5-17(15-19(18)25-4-2)11-14-22-20(23)8-6-16-9-12-21-13-10-16;/h5,7,15-16,21H,3-4,6,8-14H2,1-2H3,(H,22,23);1H. The number of carbonyl (C=O) groups excluding carboxylic acids is 1. The first-order valence-corrected chi connectivity index (χ1v) is 9.58. The number of hydrogen-bond donors (Lipinski definition) is 2. The van der Waals surface area contributed by atoms with Crippen molar-refractivity contribution in [2.24, 2.45) is 5.92 Å². The van der Waals surface area contributed by atoms with E-state index in [0.29, 0.717) is 32.1 Å². The topological polar surface area (TPSA) is 59.6 Å². The SMILES string of the molecule is CCOc1ccc(CCNC(=O)CCC2CCNCC2)cc1OCC.Cl. The van der Waals surface area contributed by atoms with Gasteiger partial charge in [-0.3, -0.25) is 4.79 Å². The molecule has 0 bridgehead atoms. The highest BCUT2D eigenvalue weighted by Crippen LogP contribution is 2.28. The normalized spacial score (nSPS) is 14.4. The first-order valence-electron chi connectivity index (χ1n) is 9.58. The summed E-state index contributed by atoms with van der Waals surface area (Å²) in [6.45, 7) is 7.99. The summed E-state index contributed by atoms with van der Waals surface area (Å²) in [6.07, 6.45) is 4.83. The van der Waals surface area contributed by atoms with E-state index >= 15 is 0 Å². The number of amides is 1. The fourth-order valence-electron chi connectivity index (χ4n) is 3.19. The van der Waals surface area contributed by atoms with Gasteiger partial charge >= 0.3 is 0 Å². The summed E-state index contributed by atoms with van der Waals surface area (Å²) >= 11 is 0. The van der Waals surface area contributed by atoms with Crippen LogP contribution in [0.25, 0.3) is 0 Å². The van der Waals surface area contributed by atoms with Gasteiger partial charge in [-0.1, -0.05) is 6.07 Å². The third-order valence-electron chi connectivity index (χ3n) is 4.58. The lowest BCUT2D eigenvalue weighted by Crippen LogP contribution is -2.30. The van der Waals surface area contributed by atoms with Crippen LogP contribution in [0, 0.1) is 5.92 Å². The lowest BCUT2D eigenvalue weighted by atomic mass is 9.93. The maximum absolute atomic E-state index is 12.0. The molecule has 0 radical (unpaired) electrons. The van der Waals surface area contributed by atoms with E-state index in [9.17, 15) is 4.79 Å². The van der Waals surface area contributed by atoms with Gasteiger partial charge in [-0.25, -0.2) is 0 Å². The average Bonchev–Trinajstić information content (AvgIpc) is 2.63. The van der Waals surface area contributed by atoms with Crippen LogP contribution in [0.1, 0.15) is 45.1 Å². The molecular formula is C20H33ClN2O3. The minimum atomic E-state index is 0. The van der Waals surface area contributed by atoms with Crippen molar-refractivity contribution in [3.8, 4) is 11.5 Å². The molecule has 0 saturated carbocycles. The Morgan fingerprint density at radius 3 is 2.54 bits per heavy atom. The van der Waals surface area contributed by atoms with Crippen molar-refractivity contribution in [2.45, 2.75) is 46.0 Å². The minimum Gasteiger partial charge on any atom is -0.490 e. The van der Waals surface area contributed by atoms with E-state index in [1.165, 1.54) is 12.8 Å². The summed E-state index contributed by atoms with van der Waals surface area (Å²) in [5.74, 6) is 2.42. The summed E-state index contributed by atoms with van der Waals surface area (Å²) < 4.78 is 11.2. The first kappa shape index (κ1) is 22.6. The molecule has 2 N–H and O–H groups in total. The molecule has 0 unspecified atom stereocenters. The molecule has 0 atom stereocenters. The van der Waals surface area contributed by atoms with E-state index < -0.39 is 0 Å². The quantitative estimate of drug-likeness (QED) is 0.649. The van der Waals surface area contributed by atoms with Crippen molar-refractivity contribution < 1.29 is 14.3 Å². The second-order valence-corrected chi connectivity index (χ2v) is 6.48. The maximum atomic E-state index is 12.0. The molecule has 1 aliphatic rings. The van der Waals surface area contributed by atoms with Crippen molar-refractivity contribution in [3.63, 3.8) is 0 Å². The minimum absolute atomic E-state index is 0. The number of ether oxygens (including phenoxy) is 2. The van der Waals surface area contributed by atoms with Crippen molar-refractivity contribution in [2.75, 3.05) is 32.8 Å². The van der Waals surface area contributed by atoms with Crippen LogP contribution in [0.3, 0.4) is 0 Å². The second-order valence-electron chi connectivity index (χ2n) is 6.48. The summed E-state index contributed by atoms with van der Waals surface area (Å²) in [7, 11) is 0. The summed E-state index contributed by atoms with van der Waals surface area (Å²) in [5.41, 5.74) is 1.14. The van der Waals surface area contributed by atoms with Gasteiger partial charge in [0.1, 0.15) is 0 Å². The Hall–Kier alpha value is -1.46. The monoisotopic (exact) mass is 384 g/mol. The fourth-order valence-corrected chi connectivity index (χ4v) is 3.19. The number of rotatable bonds is 10. The van der Waals surface area contributed by atoms with Gasteiger partial charge in [-0.2, -0.15) is 0 Å². The highest BCUT2D eigenvalue weighted by molar-refractivity contribution is 5.85.